The molecule has 1 atom stereocenters. The van der Waals surface area contributed by atoms with Gasteiger partial charge in [-0.15, -0.1) is 0 Å². The lowest BCUT2D eigenvalue weighted by molar-refractivity contribution is -0.123. The zero-order valence-electron chi connectivity index (χ0n) is 18.5. The molecule has 2 amide bonds. The van der Waals surface area contributed by atoms with E-state index in [1.165, 1.54) is 18.4 Å². The van der Waals surface area contributed by atoms with Crippen molar-refractivity contribution in [2.45, 2.75) is 45.3 Å². The monoisotopic (exact) mass is 439 g/mol. The summed E-state index contributed by atoms with van der Waals surface area (Å²) in [5.74, 6) is 0.461. The maximum absolute atomic E-state index is 13.0. The summed E-state index contributed by atoms with van der Waals surface area (Å²) in [6, 6.07) is 15.2. The van der Waals surface area contributed by atoms with Crippen molar-refractivity contribution in [3.05, 3.63) is 70.8 Å². The number of aryl methyl sites for hydroxylation is 1. The first-order chi connectivity index (χ1) is 15.1. The Balaban J connectivity index is 1.62. The molecule has 1 aliphatic rings. The number of benzene rings is 2. The molecule has 1 heterocycles. The molecule has 5 nitrogen and oxygen atoms in total. The smallest absolute Gasteiger partial charge is 0.251 e. The first-order valence-corrected chi connectivity index (χ1v) is 12.4. The van der Waals surface area contributed by atoms with Crippen LogP contribution in [0.25, 0.3) is 0 Å². The summed E-state index contributed by atoms with van der Waals surface area (Å²) in [5, 5.41) is 5.99. The van der Waals surface area contributed by atoms with Gasteiger partial charge in [0.15, 0.2) is 0 Å². The Labute approximate surface area is 190 Å². The minimum absolute atomic E-state index is 0.133. The molecule has 2 aromatic rings. The molecule has 31 heavy (non-hydrogen) atoms. The van der Waals surface area contributed by atoms with Crippen molar-refractivity contribution in [1.29, 1.82) is 0 Å². The molecule has 2 N–H and O–H groups in total. The predicted octanol–water partition coefficient (Wildman–Crippen LogP) is 3.76. The van der Waals surface area contributed by atoms with Gasteiger partial charge in [0.1, 0.15) is 6.04 Å². The van der Waals surface area contributed by atoms with Gasteiger partial charge < -0.3 is 10.6 Å². The Morgan fingerprint density at radius 2 is 1.81 bits per heavy atom. The molecule has 6 heteroatoms. The fraction of sp³-hybridized carbons (Fsp3) is 0.440. The van der Waals surface area contributed by atoms with Crippen LogP contribution in [0.3, 0.4) is 0 Å². The molecule has 166 valence electrons. The number of thioether (sulfide) groups is 1. The summed E-state index contributed by atoms with van der Waals surface area (Å²) in [6.07, 6.45) is 5.12. The van der Waals surface area contributed by atoms with Crippen LogP contribution >= 0.6 is 11.8 Å². The van der Waals surface area contributed by atoms with Crippen molar-refractivity contribution in [3.8, 4) is 0 Å². The van der Waals surface area contributed by atoms with Gasteiger partial charge in [0.05, 0.1) is 0 Å². The van der Waals surface area contributed by atoms with Crippen molar-refractivity contribution < 1.29 is 9.59 Å². The van der Waals surface area contributed by atoms with Crippen molar-refractivity contribution in [2.75, 3.05) is 25.1 Å². The number of carbonyl (C=O) groups excluding carboxylic acids is 2. The Morgan fingerprint density at radius 3 is 2.52 bits per heavy atom. The second kappa shape index (κ2) is 11.9. The normalized spacial score (nSPS) is 14.9. The molecule has 1 aliphatic heterocycles. The van der Waals surface area contributed by atoms with Crippen LogP contribution in [-0.2, 0) is 17.9 Å². The molecule has 0 radical (unpaired) electrons. The third-order valence-electron chi connectivity index (χ3n) is 5.68. The second-order valence-electron chi connectivity index (χ2n) is 8.15. The van der Waals surface area contributed by atoms with E-state index in [1.54, 1.807) is 17.8 Å². The molecule has 1 saturated heterocycles. The van der Waals surface area contributed by atoms with E-state index in [0.29, 0.717) is 18.5 Å². The standard InChI is InChI=1S/C25H33N3O2S/c1-19-8-7-11-20(16-19)24(29)27-23(12-15-31-2)25(30)26-17-21-9-3-4-10-22(21)18-28-13-5-6-14-28/h3-4,7-11,16,23H,5-6,12-15,17-18H2,1-2H3,(H,26,30)(H,27,29). The van der Waals surface area contributed by atoms with Gasteiger partial charge in [-0.3, -0.25) is 14.5 Å². The third-order valence-corrected chi connectivity index (χ3v) is 6.32. The molecule has 2 aromatic carbocycles. The minimum atomic E-state index is -0.550. The van der Waals surface area contributed by atoms with Gasteiger partial charge in [0, 0.05) is 18.7 Å². The Bertz CT molecular complexity index is 881. The fourth-order valence-electron chi connectivity index (χ4n) is 3.90. The molecule has 1 unspecified atom stereocenters. The molecule has 0 bridgehead atoms. The first-order valence-electron chi connectivity index (χ1n) is 11.0. The largest absolute Gasteiger partial charge is 0.350 e. The summed E-state index contributed by atoms with van der Waals surface area (Å²) in [6.45, 7) is 5.63. The van der Waals surface area contributed by atoms with E-state index in [1.807, 2.05) is 37.4 Å². The highest BCUT2D eigenvalue weighted by Crippen LogP contribution is 2.16. The zero-order valence-corrected chi connectivity index (χ0v) is 19.3. The molecular weight excluding hydrogens is 406 g/mol. The van der Waals surface area contributed by atoms with Crippen molar-refractivity contribution in [2.24, 2.45) is 0 Å². The van der Waals surface area contributed by atoms with Crippen LogP contribution in [0.5, 0.6) is 0 Å². The van der Waals surface area contributed by atoms with E-state index in [4.69, 9.17) is 0 Å². The fourth-order valence-corrected chi connectivity index (χ4v) is 4.38. The average Bonchev–Trinajstić information content (AvgIpc) is 3.28. The number of hydrogen-bond acceptors (Lipinski definition) is 4. The molecule has 1 fully saturated rings. The highest BCUT2D eigenvalue weighted by atomic mass is 32.2. The van der Waals surface area contributed by atoms with Gasteiger partial charge in [-0.2, -0.15) is 11.8 Å². The molecule has 0 spiro atoms. The number of rotatable bonds is 10. The maximum atomic E-state index is 13.0. The number of carbonyl (C=O) groups is 2. The molecule has 3 rings (SSSR count). The van der Waals surface area contributed by atoms with Gasteiger partial charge in [0.2, 0.25) is 5.91 Å². The molecule has 0 aromatic heterocycles. The van der Waals surface area contributed by atoms with Gasteiger partial charge in [-0.1, -0.05) is 42.0 Å². The lowest BCUT2D eigenvalue weighted by atomic mass is 10.1. The number of nitrogens with one attached hydrogen (secondary N) is 2. The SMILES string of the molecule is CSCCC(NC(=O)c1cccc(C)c1)C(=O)NCc1ccccc1CN1CCCC1. The number of nitrogens with zero attached hydrogens (tertiary/aromatic N) is 1. The van der Waals surface area contributed by atoms with Crippen LogP contribution < -0.4 is 10.6 Å². The topological polar surface area (TPSA) is 61.4 Å². The molecular formula is C25H33N3O2S. The van der Waals surface area contributed by atoms with Crippen molar-refractivity contribution in [1.82, 2.24) is 15.5 Å². The number of amides is 2. The van der Waals surface area contributed by atoms with Gasteiger partial charge in [0.25, 0.3) is 5.91 Å². The maximum Gasteiger partial charge on any atom is 0.251 e. The van der Waals surface area contributed by atoms with Gasteiger partial charge in [-0.25, -0.2) is 0 Å². The van der Waals surface area contributed by atoms with E-state index >= 15 is 0 Å². The molecule has 0 aliphatic carbocycles. The van der Waals surface area contributed by atoms with E-state index in [-0.39, 0.29) is 11.8 Å². The van der Waals surface area contributed by atoms with E-state index in [0.717, 1.165) is 36.5 Å². The van der Waals surface area contributed by atoms with Crippen molar-refractivity contribution >= 4 is 23.6 Å². The summed E-state index contributed by atoms with van der Waals surface area (Å²) in [7, 11) is 0. The quantitative estimate of drug-likeness (QED) is 0.592. The van der Waals surface area contributed by atoms with Crippen LogP contribution in [0.4, 0.5) is 0 Å². The molecule has 0 saturated carbocycles. The second-order valence-corrected chi connectivity index (χ2v) is 9.13. The predicted molar refractivity (Wildman–Crippen MR) is 128 cm³/mol. The van der Waals surface area contributed by atoms with Crippen LogP contribution in [0.1, 0.15) is 46.3 Å². The van der Waals surface area contributed by atoms with Gasteiger partial charge in [-0.05, 0) is 74.5 Å². The van der Waals surface area contributed by atoms with Crippen LogP contribution in [0, 0.1) is 6.92 Å². The highest BCUT2D eigenvalue weighted by Gasteiger charge is 2.21. The lowest BCUT2D eigenvalue weighted by Gasteiger charge is -2.20. The Hall–Kier alpha value is -2.31. The van der Waals surface area contributed by atoms with E-state index < -0.39 is 6.04 Å². The zero-order chi connectivity index (χ0) is 22.1. The number of likely N-dealkylation sites (tertiary alicyclic amines) is 1. The third kappa shape index (κ3) is 7.11. The van der Waals surface area contributed by atoms with Gasteiger partial charge >= 0.3 is 0 Å². The lowest BCUT2D eigenvalue weighted by Crippen LogP contribution is -2.47. The summed E-state index contributed by atoms with van der Waals surface area (Å²) >= 11 is 1.67. The van der Waals surface area contributed by atoms with Crippen LogP contribution in [0.2, 0.25) is 0 Å². The first kappa shape index (κ1) is 23.4. The Kier molecular flexibility index (Phi) is 8.98. The minimum Gasteiger partial charge on any atom is -0.350 e. The summed E-state index contributed by atoms with van der Waals surface area (Å²) in [4.78, 5) is 28.1. The van der Waals surface area contributed by atoms with E-state index in [9.17, 15) is 9.59 Å². The van der Waals surface area contributed by atoms with Crippen LogP contribution in [0.15, 0.2) is 48.5 Å². The van der Waals surface area contributed by atoms with Crippen LogP contribution in [-0.4, -0.2) is 47.9 Å². The van der Waals surface area contributed by atoms with Crippen molar-refractivity contribution in [3.63, 3.8) is 0 Å². The van der Waals surface area contributed by atoms with E-state index in [2.05, 4.69) is 33.7 Å². The summed E-state index contributed by atoms with van der Waals surface area (Å²) in [5.41, 5.74) is 4.00. The summed E-state index contributed by atoms with van der Waals surface area (Å²) < 4.78 is 0. The average molecular weight is 440 g/mol. The Morgan fingerprint density at radius 1 is 1.06 bits per heavy atom. The highest BCUT2D eigenvalue weighted by molar-refractivity contribution is 7.98. The number of hydrogen-bond donors (Lipinski definition) is 2.